The summed E-state index contributed by atoms with van der Waals surface area (Å²) in [5.41, 5.74) is 3.67. The van der Waals surface area contributed by atoms with Gasteiger partial charge in [0.1, 0.15) is 11.6 Å². The summed E-state index contributed by atoms with van der Waals surface area (Å²) < 4.78 is 27.9. The minimum Gasteiger partial charge on any atom is -0.309 e. The highest BCUT2D eigenvalue weighted by molar-refractivity contribution is 5.40. The Morgan fingerprint density at radius 1 is 1.00 bits per heavy atom. The molecular formula is C17H17F2N. The summed E-state index contributed by atoms with van der Waals surface area (Å²) in [4.78, 5) is 0. The molecule has 0 bridgehead atoms. The highest BCUT2D eigenvalue weighted by Crippen LogP contribution is 2.30. The van der Waals surface area contributed by atoms with E-state index in [2.05, 4.69) is 17.4 Å². The van der Waals surface area contributed by atoms with Gasteiger partial charge in [0, 0.05) is 5.56 Å². The van der Waals surface area contributed by atoms with Gasteiger partial charge in [-0.05, 0) is 55.1 Å². The molecule has 0 spiro atoms. The van der Waals surface area contributed by atoms with Gasteiger partial charge in [-0.3, -0.25) is 0 Å². The molecule has 0 amide bonds. The van der Waals surface area contributed by atoms with Gasteiger partial charge in [-0.2, -0.15) is 0 Å². The van der Waals surface area contributed by atoms with Gasteiger partial charge in [0.25, 0.3) is 0 Å². The minimum absolute atomic E-state index is 0.0907. The third kappa shape index (κ3) is 2.22. The zero-order valence-electron chi connectivity index (χ0n) is 11.4. The van der Waals surface area contributed by atoms with Crippen molar-refractivity contribution in [2.24, 2.45) is 0 Å². The van der Waals surface area contributed by atoms with Crippen LogP contribution in [0.2, 0.25) is 0 Å². The van der Waals surface area contributed by atoms with Crippen LogP contribution < -0.4 is 5.32 Å². The smallest absolute Gasteiger partial charge is 0.131 e. The predicted octanol–water partition coefficient (Wildman–Crippen LogP) is 3.76. The molecule has 3 heteroatoms. The van der Waals surface area contributed by atoms with Gasteiger partial charge in [-0.15, -0.1) is 0 Å². The molecule has 1 N–H and O–H groups in total. The number of benzene rings is 2. The first kappa shape index (κ1) is 13.3. The summed E-state index contributed by atoms with van der Waals surface area (Å²) in [6.07, 6.45) is 3.32. The third-order valence-corrected chi connectivity index (χ3v) is 4.03. The first-order valence-corrected chi connectivity index (χ1v) is 6.93. The molecule has 0 saturated carbocycles. The highest BCUT2D eigenvalue weighted by Gasteiger charge is 2.22. The first-order chi connectivity index (χ1) is 9.70. The molecule has 2 aromatic rings. The molecule has 1 atom stereocenters. The van der Waals surface area contributed by atoms with Crippen LogP contribution in [0.4, 0.5) is 8.78 Å². The number of hydrogen-bond acceptors (Lipinski definition) is 1. The Balaban J connectivity index is 2.06. The molecule has 20 heavy (non-hydrogen) atoms. The summed E-state index contributed by atoms with van der Waals surface area (Å²) in [5, 5.41) is 3.03. The van der Waals surface area contributed by atoms with Crippen molar-refractivity contribution in [2.45, 2.75) is 25.3 Å². The molecule has 0 fully saturated rings. The van der Waals surface area contributed by atoms with E-state index in [0.717, 1.165) is 24.8 Å². The van der Waals surface area contributed by atoms with Crippen LogP contribution in [0.3, 0.4) is 0 Å². The Bertz CT molecular complexity index is 617. The third-order valence-electron chi connectivity index (χ3n) is 4.03. The molecule has 0 saturated heterocycles. The summed E-state index contributed by atoms with van der Waals surface area (Å²) in [7, 11) is 1.73. The summed E-state index contributed by atoms with van der Waals surface area (Å²) >= 11 is 0. The van der Waals surface area contributed by atoms with E-state index in [1.165, 1.54) is 29.3 Å². The number of hydrogen-bond donors (Lipinski definition) is 1. The van der Waals surface area contributed by atoms with Crippen molar-refractivity contribution in [1.82, 2.24) is 5.32 Å². The van der Waals surface area contributed by atoms with Crippen LogP contribution in [0.25, 0.3) is 0 Å². The summed E-state index contributed by atoms with van der Waals surface area (Å²) in [6, 6.07) is 9.67. The number of halogens is 2. The van der Waals surface area contributed by atoms with E-state index >= 15 is 0 Å². The Morgan fingerprint density at radius 3 is 2.40 bits per heavy atom. The lowest BCUT2D eigenvalue weighted by molar-refractivity contribution is 0.522. The van der Waals surface area contributed by atoms with Crippen molar-refractivity contribution in [3.8, 4) is 0 Å². The quantitative estimate of drug-likeness (QED) is 0.897. The van der Waals surface area contributed by atoms with Crippen molar-refractivity contribution in [1.29, 1.82) is 0 Å². The Morgan fingerprint density at radius 2 is 1.70 bits per heavy atom. The monoisotopic (exact) mass is 273 g/mol. The molecule has 0 heterocycles. The SMILES string of the molecule is CNC(c1ccc2c(c1)CCC2)c1c(F)cccc1F. The molecule has 1 aliphatic rings. The lowest BCUT2D eigenvalue weighted by atomic mass is 9.95. The Labute approximate surface area is 117 Å². The van der Waals surface area contributed by atoms with Crippen LogP contribution in [-0.2, 0) is 12.8 Å². The highest BCUT2D eigenvalue weighted by atomic mass is 19.1. The van der Waals surface area contributed by atoms with Crippen LogP contribution in [0.5, 0.6) is 0 Å². The van der Waals surface area contributed by atoms with Crippen molar-refractivity contribution in [3.05, 3.63) is 70.3 Å². The molecule has 3 rings (SSSR count). The molecule has 1 nitrogen and oxygen atoms in total. The maximum atomic E-state index is 14.0. The topological polar surface area (TPSA) is 12.0 Å². The minimum atomic E-state index is -0.509. The summed E-state index contributed by atoms with van der Waals surface area (Å²) in [6.45, 7) is 0. The molecule has 104 valence electrons. The molecule has 0 radical (unpaired) electrons. The molecule has 2 aromatic carbocycles. The fraction of sp³-hybridized carbons (Fsp3) is 0.294. The van der Waals surface area contributed by atoms with E-state index in [9.17, 15) is 8.78 Å². The average Bonchev–Trinajstić information content (AvgIpc) is 2.90. The lowest BCUT2D eigenvalue weighted by Gasteiger charge is -2.19. The van der Waals surface area contributed by atoms with Crippen LogP contribution in [0.15, 0.2) is 36.4 Å². The molecule has 1 aliphatic carbocycles. The number of fused-ring (bicyclic) bond motifs is 1. The fourth-order valence-corrected chi connectivity index (χ4v) is 3.04. The number of aryl methyl sites for hydroxylation is 2. The zero-order chi connectivity index (χ0) is 14.1. The van der Waals surface area contributed by atoms with Gasteiger partial charge >= 0.3 is 0 Å². The molecule has 1 unspecified atom stereocenters. The van der Waals surface area contributed by atoms with Crippen LogP contribution in [0.1, 0.15) is 34.7 Å². The van der Waals surface area contributed by atoms with E-state index in [4.69, 9.17) is 0 Å². The maximum Gasteiger partial charge on any atom is 0.131 e. The van der Waals surface area contributed by atoms with Gasteiger partial charge in [-0.1, -0.05) is 24.3 Å². The molecule has 0 aliphatic heterocycles. The molecular weight excluding hydrogens is 256 g/mol. The largest absolute Gasteiger partial charge is 0.309 e. The Hall–Kier alpha value is -1.74. The van der Waals surface area contributed by atoms with Crippen LogP contribution in [-0.4, -0.2) is 7.05 Å². The second kappa shape index (κ2) is 5.33. The standard InChI is InChI=1S/C17H17F2N/c1-20-17(16-14(18)6-3-7-15(16)19)13-9-8-11-4-2-5-12(11)10-13/h3,6-10,17,20H,2,4-5H2,1H3. The van der Waals surface area contributed by atoms with Crippen molar-refractivity contribution in [2.75, 3.05) is 7.05 Å². The van der Waals surface area contributed by atoms with E-state index in [1.807, 2.05) is 6.07 Å². The molecule has 0 aromatic heterocycles. The van der Waals surface area contributed by atoms with Crippen molar-refractivity contribution < 1.29 is 8.78 Å². The normalized spacial score (nSPS) is 15.2. The summed E-state index contributed by atoms with van der Waals surface area (Å²) in [5.74, 6) is -1.02. The van der Waals surface area contributed by atoms with E-state index in [-0.39, 0.29) is 5.56 Å². The fourth-order valence-electron chi connectivity index (χ4n) is 3.04. The number of rotatable bonds is 3. The predicted molar refractivity (Wildman–Crippen MR) is 75.7 cm³/mol. The van der Waals surface area contributed by atoms with E-state index < -0.39 is 17.7 Å². The maximum absolute atomic E-state index is 14.0. The second-order valence-electron chi connectivity index (χ2n) is 5.24. The van der Waals surface area contributed by atoms with Gasteiger partial charge in [0.15, 0.2) is 0 Å². The van der Waals surface area contributed by atoms with Gasteiger partial charge < -0.3 is 5.32 Å². The van der Waals surface area contributed by atoms with Crippen molar-refractivity contribution >= 4 is 0 Å². The van der Waals surface area contributed by atoms with E-state index in [1.54, 1.807) is 7.05 Å². The van der Waals surface area contributed by atoms with Crippen LogP contribution >= 0.6 is 0 Å². The number of nitrogens with one attached hydrogen (secondary N) is 1. The zero-order valence-corrected chi connectivity index (χ0v) is 11.4. The average molecular weight is 273 g/mol. The second-order valence-corrected chi connectivity index (χ2v) is 5.24. The first-order valence-electron chi connectivity index (χ1n) is 6.93. The van der Waals surface area contributed by atoms with Crippen molar-refractivity contribution in [3.63, 3.8) is 0 Å². The lowest BCUT2D eigenvalue weighted by Crippen LogP contribution is -2.20. The van der Waals surface area contributed by atoms with Gasteiger partial charge in [-0.25, -0.2) is 8.78 Å². The van der Waals surface area contributed by atoms with Gasteiger partial charge in [0.2, 0.25) is 0 Å². The Kier molecular flexibility index (Phi) is 3.53. The van der Waals surface area contributed by atoms with Gasteiger partial charge in [0.05, 0.1) is 6.04 Å². The van der Waals surface area contributed by atoms with E-state index in [0.29, 0.717) is 0 Å². The van der Waals surface area contributed by atoms with Crippen LogP contribution in [0, 0.1) is 11.6 Å².